The summed E-state index contributed by atoms with van der Waals surface area (Å²) in [4.78, 5) is 3.74. The van der Waals surface area contributed by atoms with E-state index in [1.165, 1.54) is 13.0 Å². The van der Waals surface area contributed by atoms with Crippen molar-refractivity contribution < 1.29 is 17.9 Å². The van der Waals surface area contributed by atoms with Gasteiger partial charge in [0.1, 0.15) is 5.82 Å². The van der Waals surface area contributed by atoms with Crippen LogP contribution in [0.5, 0.6) is 5.75 Å². The van der Waals surface area contributed by atoms with E-state index in [4.69, 9.17) is 5.73 Å². The van der Waals surface area contributed by atoms with Gasteiger partial charge in [-0.1, -0.05) is 15.9 Å². The molecule has 2 N–H and O–H groups in total. The number of nitrogen functional groups attached to an aromatic ring is 1. The average Bonchev–Trinajstić information content (AvgIpc) is 2.07. The zero-order valence-electron chi connectivity index (χ0n) is 7.73. The van der Waals surface area contributed by atoms with Crippen molar-refractivity contribution in [2.45, 2.75) is 18.6 Å². The number of nitrogens with zero attached hydrogens (tertiary/aromatic N) is 1. The van der Waals surface area contributed by atoms with Gasteiger partial charge in [0.25, 0.3) is 0 Å². The number of pyridine rings is 1. The summed E-state index contributed by atoms with van der Waals surface area (Å²) in [5.74, 6) is -0.134. The van der Waals surface area contributed by atoms with Gasteiger partial charge in [0.05, 0.1) is 5.69 Å². The second-order valence-electron chi connectivity index (χ2n) is 2.82. The zero-order valence-corrected chi connectivity index (χ0v) is 9.32. The lowest BCUT2D eigenvalue weighted by atomic mass is 10.2. The molecule has 7 heteroatoms. The molecule has 0 fully saturated rings. The Bertz CT molecular complexity index is 368. The molecule has 0 aromatic carbocycles. The van der Waals surface area contributed by atoms with E-state index in [-0.39, 0.29) is 22.6 Å². The van der Waals surface area contributed by atoms with E-state index in [2.05, 4.69) is 25.7 Å². The van der Waals surface area contributed by atoms with Gasteiger partial charge < -0.3 is 10.5 Å². The summed E-state index contributed by atoms with van der Waals surface area (Å²) in [7, 11) is 0. The van der Waals surface area contributed by atoms with Crippen LogP contribution in [0, 0.1) is 6.92 Å². The first kappa shape index (κ1) is 12.1. The van der Waals surface area contributed by atoms with Crippen molar-refractivity contribution in [3.05, 3.63) is 17.3 Å². The Hall–Kier alpha value is -0.980. The van der Waals surface area contributed by atoms with Gasteiger partial charge in [-0.2, -0.15) is 0 Å². The maximum absolute atomic E-state index is 12.0. The fourth-order valence-electron chi connectivity index (χ4n) is 1.10. The first-order chi connectivity index (χ1) is 6.83. The average molecular weight is 285 g/mol. The van der Waals surface area contributed by atoms with E-state index in [1.807, 2.05) is 0 Å². The number of halogens is 4. The fraction of sp³-hybridized carbons (Fsp3) is 0.375. The van der Waals surface area contributed by atoms with Gasteiger partial charge in [0.2, 0.25) is 0 Å². The molecule has 1 rings (SSSR count). The molecule has 84 valence electrons. The molecule has 0 saturated heterocycles. The van der Waals surface area contributed by atoms with E-state index in [1.54, 1.807) is 0 Å². The van der Waals surface area contributed by atoms with Crippen LogP contribution in [0.2, 0.25) is 0 Å². The van der Waals surface area contributed by atoms with Gasteiger partial charge >= 0.3 is 6.36 Å². The first-order valence-electron chi connectivity index (χ1n) is 3.91. The van der Waals surface area contributed by atoms with Crippen LogP contribution < -0.4 is 10.5 Å². The number of aromatic nitrogens is 1. The Kier molecular flexibility index (Phi) is 3.43. The van der Waals surface area contributed by atoms with Crippen LogP contribution in [-0.2, 0) is 5.33 Å². The van der Waals surface area contributed by atoms with Crippen LogP contribution in [-0.4, -0.2) is 11.3 Å². The summed E-state index contributed by atoms with van der Waals surface area (Å²) in [6, 6.07) is 1.33. The van der Waals surface area contributed by atoms with Crippen molar-refractivity contribution in [1.29, 1.82) is 0 Å². The number of hydrogen-bond acceptors (Lipinski definition) is 3. The van der Waals surface area contributed by atoms with E-state index in [0.29, 0.717) is 5.56 Å². The lowest BCUT2D eigenvalue weighted by molar-refractivity contribution is -0.275. The minimum absolute atomic E-state index is 0.129. The Morgan fingerprint density at radius 3 is 2.60 bits per heavy atom. The maximum atomic E-state index is 12.0. The van der Waals surface area contributed by atoms with E-state index < -0.39 is 6.36 Å². The quantitative estimate of drug-likeness (QED) is 0.850. The zero-order chi connectivity index (χ0) is 11.6. The Morgan fingerprint density at radius 2 is 2.13 bits per heavy atom. The molecule has 0 aliphatic heterocycles. The molecule has 1 aromatic heterocycles. The van der Waals surface area contributed by atoms with Gasteiger partial charge in [-0.25, -0.2) is 4.98 Å². The fourth-order valence-corrected chi connectivity index (χ4v) is 1.48. The Morgan fingerprint density at radius 1 is 1.53 bits per heavy atom. The molecule has 0 radical (unpaired) electrons. The van der Waals surface area contributed by atoms with Gasteiger partial charge in [0, 0.05) is 5.33 Å². The molecule has 0 aliphatic rings. The number of nitrogens with two attached hydrogens (primary N) is 1. The summed E-state index contributed by atoms with van der Waals surface area (Å²) in [6.07, 6.45) is -4.72. The molecule has 1 aromatic rings. The van der Waals surface area contributed by atoms with Crippen LogP contribution in [0.4, 0.5) is 19.0 Å². The number of hydrogen-bond donors (Lipinski definition) is 1. The maximum Gasteiger partial charge on any atom is 0.573 e. The molecule has 0 saturated carbocycles. The highest BCUT2D eigenvalue weighted by Crippen LogP contribution is 2.30. The summed E-state index contributed by atoms with van der Waals surface area (Å²) in [5, 5.41) is 0.143. The summed E-state index contributed by atoms with van der Waals surface area (Å²) < 4.78 is 40.0. The lowest BCUT2D eigenvalue weighted by Crippen LogP contribution is -2.19. The third-order valence-corrected chi connectivity index (χ3v) is 2.12. The third-order valence-electron chi connectivity index (χ3n) is 1.59. The molecule has 0 atom stereocenters. The number of anilines is 1. The van der Waals surface area contributed by atoms with Crippen molar-refractivity contribution in [3.8, 4) is 5.75 Å². The van der Waals surface area contributed by atoms with Crippen LogP contribution >= 0.6 is 15.9 Å². The van der Waals surface area contributed by atoms with Gasteiger partial charge in [-0.15, -0.1) is 13.2 Å². The summed E-state index contributed by atoms with van der Waals surface area (Å²) >= 11 is 3.02. The van der Waals surface area contributed by atoms with Crippen molar-refractivity contribution >= 4 is 21.7 Å². The van der Waals surface area contributed by atoms with Crippen LogP contribution in [0.15, 0.2) is 6.07 Å². The van der Waals surface area contributed by atoms with E-state index >= 15 is 0 Å². The summed E-state index contributed by atoms with van der Waals surface area (Å²) in [5.41, 5.74) is 5.83. The molecule has 0 spiro atoms. The third kappa shape index (κ3) is 3.26. The first-order valence-corrected chi connectivity index (χ1v) is 5.03. The van der Waals surface area contributed by atoms with E-state index in [9.17, 15) is 13.2 Å². The highest BCUT2D eigenvalue weighted by atomic mass is 79.9. The van der Waals surface area contributed by atoms with Crippen molar-refractivity contribution in [2.75, 3.05) is 5.73 Å². The van der Waals surface area contributed by atoms with Crippen molar-refractivity contribution in [3.63, 3.8) is 0 Å². The number of ether oxygens (including phenoxy) is 1. The van der Waals surface area contributed by atoms with Crippen LogP contribution in [0.25, 0.3) is 0 Å². The minimum Gasteiger partial charge on any atom is -0.404 e. The van der Waals surface area contributed by atoms with Gasteiger partial charge in [-0.05, 0) is 18.6 Å². The SMILES string of the molecule is Cc1cc(N)nc(CBr)c1OC(F)(F)F. The standard InChI is InChI=1S/C8H8BrF3N2O/c1-4-2-6(13)14-5(3-9)7(4)15-8(10,11)12/h2H,3H2,1H3,(H2,13,14). The van der Waals surface area contributed by atoms with Crippen LogP contribution in [0.3, 0.4) is 0 Å². The number of aryl methyl sites for hydroxylation is 1. The molecular weight excluding hydrogens is 277 g/mol. The highest BCUT2D eigenvalue weighted by Gasteiger charge is 2.33. The van der Waals surface area contributed by atoms with Crippen LogP contribution in [0.1, 0.15) is 11.3 Å². The van der Waals surface area contributed by atoms with Gasteiger partial charge in [0.15, 0.2) is 5.75 Å². The summed E-state index contributed by atoms with van der Waals surface area (Å²) in [6.45, 7) is 1.48. The van der Waals surface area contributed by atoms with Crippen molar-refractivity contribution in [1.82, 2.24) is 4.98 Å². The monoisotopic (exact) mass is 284 g/mol. The topological polar surface area (TPSA) is 48.1 Å². The number of alkyl halides is 4. The molecule has 0 unspecified atom stereocenters. The molecule has 1 heterocycles. The second-order valence-corrected chi connectivity index (χ2v) is 3.38. The predicted octanol–water partition coefficient (Wildman–Crippen LogP) is 2.77. The largest absolute Gasteiger partial charge is 0.573 e. The molecule has 3 nitrogen and oxygen atoms in total. The van der Waals surface area contributed by atoms with Crippen molar-refractivity contribution in [2.24, 2.45) is 0 Å². The second kappa shape index (κ2) is 4.26. The lowest BCUT2D eigenvalue weighted by Gasteiger charge is -2.14. The Balaban J connectivity index is 3.15. The highest BCUT2D eigenvalue weighted by molar-refractivity contribution is 9.08. The molecular formula is C8H8BrF3N2O. The molecule has 15 heavy (non-hydrogen) atoms. The minimum atomic E-state index is -4.72. The Labute approximate surface area is 92.6 Å². The van der Waals surface area contributed by atoms with Gasteiger partial charge in [-0.3, -0.25) is 0 Å². The molecule has 0 bridgehead atoms. The molecule has 0 amide bonds. The predicted molar refractivity (Wildman–Crippen MR) is 52.7 cm³/mol. The molecule has 0 aliphatic carbocycles. The normalized spacial score (nSPS) is 11.5. The van der Waals surface area contributed by atoms with E-state index in [0.717, 1.165) is 0 Å². The number of rotatable bonds is 2. The smallest absolute Gasteiger partial charge is 0.404 e.